The van der Waals surface area contributed by atoms with Crippen molar-refractivity contribution in [2.75, 3.05) is 50.1 Å². The number of nitrogens with zero attached hydrogens (tertiary/aromatic N) is 3. The van der Waals surface area contributed by atoms with Crippen molar-refractivity contribution in [1.82, 2.24) is 10.4 Å². The van der Waals surface area contributed by atoms with Crippen LogP contribution in [0, 0.1) is 0 Å². The van der Waals surface area contributed by atoms with E-state index >= 15 is 0 Å². The quantitative estimate of drug-likeness (QED) is 0.132. The molecule has 0 saturated heterocycles. The number of aldehydes is 1. The molecule has 6 rings (SSSR count). The minimum atomic E-state index is -0.870. The smallest absolute Gasteiger partial charge is 0.150 e. The summed E-state index contributed by atoms with van der Waals surface area (Å²) in [7, 11) is 3.98. The van der Waals surface area contributed by atoms with E-state index in [1.54, 1.807) is 0 Å². The Labute approximate surface area is 260 Å². The van der Waals surface area contributed by atoms with Crippen molar-refractivity contribution in [2.24, 2.45) is 0 Å². The van der Waals surface area contributed by atoms with Gasteiger partial charge in [0.2, 0.25) is 0 Å². The lowest BCUT2D eigenvalue weighted by atomic mass is 9.72. The molecule has 1 aliphatic rings. The molecule has 0 spiro atoms. The number of hydrogen-bond donors (Lipinski definition) is 1. The zero-order valence-corrected chi connectivity index (χ0v) is 26.6. The van der Waals surface area contributed by atoms with Crippen molar-refractivity contribution >= 4 is 39.2 Å². The van der Waals surface area contributed by atoms with E-state index in [2.05, 4.69) is 122 Å². The molecule has 6 nitrogen and oxygen atoms in total. The van der Waals surface area contributed by atoms with Crippen molar-refractivity contribution in [1.29, 1.82) is 0 Å². The fourth-order valence-electron chi connectivity index (χ4n) is 7.19. The lowest BCUT2D eigenvalue weighted by Gasteiger charge is -2.47. The molecule has 1 atom stereocenters. The van der Waals surface area contributed by atoms with Gasteiger partial charge < -0.3 is 14.5 Å². The second-order valence-electron chi connectivity index (χ2n) is 11.3. The van der Waals surface area contributed by atoms with E-state index in [9.17, 15) is 4.79 Å². The summed E-state index contributed by atoms with van der Waals surface area (Å²) in [5, 5.41) is 6.47. The third kappa shape index (κ3) is 4.35. The number of rotatable bonds is 10. The number of ether oxygens (including phenoxy) is 1. The van der Waals surface area contributed by atoms with Crippen molar-refractivity contribution in [3.63, 3.8) is 0 Å². The zero-order chi connectivity index (χ0) is 31.0. The number of carbonyl (C=O) groups is 1. The fourth-order valence-corrected chi connectivity index (χ4v) is 7.19. The Hall–Kier alpha value is -4.39. The van der Waals surface area contributed by atoms with Crippen LogP contribution in [0.1, 0.15) is 54.7 Å². The van der Waals surface area contributed by atoms with Gasteiger partial charge in [0.15, 0.2) is 0 Å². The van der Waals surface area contributed by atoms with Gasteiger partial charge in [0.25, 0.3) is 0 Å². The number of benzene rings is 5. The Bertz CT molecular complexity index is 1840. The molecule has 44 heavy (non-hydrogen) atoms. The van der Waals surface area contributed by atoms with Gasteiger partial charge in [0.05, 0.1) is 0 Å². The highest BCUT2D eigenvalue weighted by Crippen LogP contribution is 2.57. The van der Waals surface area contributed by atoms with Crippen LogP contribution in [0.4, 0.5) is 11.4 Å². The van der Waals surface area contributed by atoms with Gasteiger partial charge in [0, 0.05) is 72.1 Å². The predicted molar refractivity (Wildman–Crippen MR) is 184 cm³/mol. The van der Waals surface area contributed by atoms with Gasteiger partial charge in [-0.15, -0.1) is 0 Å². The third-order valence-corrected chi connectivity index (χ3v) is 9.46. The van der Waals surface area contributed by atoms with E-state index in [4.69, 9.17) is 4.74 Å². The molecule has 0 aliphatic carbocycles. The Balaban J connectivity index is 1.79. The maximum Gasteiger partial charge on any atom is 0.150 e. The Morgan fingerprint density at radius 3 is 2.09 bits per heavy atom. The number of hydrogen-bond acceptors (Lipinski definition) is 6. The van der Waals surface area contributed by atoms with Crippen LogP contribution in [0.25, 0.3) is 21.5 Å². The predicted octanol–water partition coefficient (Wildman–Crippen LogP) is 7.96. The van der Waals surface area contributed by atoms with E-state index in [1.165, 1.54) is 5.69 Å². The van der Waals surface area contributed by atoms with Gasteiger partial charge in [-0.1, -0.05) is 60.7 Å². The SMILES string of the molecule is CCN(CC)c1ccc2c3c(ccc2c1)C(c1ccccc1C=O)(N(C)NC)c1ccc2cccc(N(CC)CC)c2c1O3. The van der Waals surface area contributed by atoms with Crippen LogP contribution in [0.3, 0.4) is 0 Å². The Morgan fingerprint density at radius 1 is 0.727 bits per heavy atom. The van der Waals surface area contributed by atoms with Crippen molar-refractivity contribution < 1.29 is 9.53 Å². The molecule has 0 saturated carbocycles. The summed E-state index contributed by atoms with van der Waals surface area (Å²) in [6, 6.07) is 29.8. The van der Waals surface area contributed by atoms with E-state index in [-0.39, 0.29) is 0 Å². The van der Waals surface area contributed by atoms with Crippen LogP contribution >= 0.6 is 0 Å². The van der Waals surface area contributed by atoms with Gasteiger partial charge in [-0.05, 0) is 75.3 Å². The van der Waals surface area contributed by atoms with E-state index in [0.717, 1.165) is 87.9 Å². The summed E-state index contributed by atoms with van der Waals surface area (Å²) in [4.78, 5) is 17.4. The van der Waals surface area contributed by atoms with Gasteiger partial charge in [-0.3, -0.25) is 10.2 Å². The molecule has 1 heterocycles. The van der Waals surface area contributed by atoms with Crippen LogP contribution < -0.4 is 20.0 Å². The highest BCUT2D eigenvalue weighted by Gasteiger charge is 2.49. The van der Waals surface area contributed by atoms with Crippen LogP contribution in [0.5, 0.6) is 11.5 Å². The maximum absolute atomic E-state index is 12.7. The molecule has 0 fully saturated rings. The van der Waals surface area contributed by atoms with Crippen LogP contribution in [0.2, 0.25) is 0 Å². The highest BCUT2D eigenvalue weighted by molar-refractivity contribution is 6.03. The maximum atomic E-state index is 12.7. The number of anilines is 2. The topological polar surface area (TPSA) is 48.1 Å². The summed E-state index contributed by atoms with van der Waals surface area (Å²) in [6.07, 6.45) is 0.967. The van der Waals surface area contributed by atoms with Crippen molar-refractivity contribution in [2.45, 2.75) is 33.2 Å². The van der Waals surface area contributed by atoms with E-state index in [0.29, 0.717) is 5.56 Å². The lowest BCUT2D eigenvalue weighted by Crippen LogP contribution is -2.53. The van der Waals surface area contributed by atoms with Gasteiger partial charge >= 0.3 is 0 Å². The first kappa shape index (κ1) is 29.7. The minimum absolute atomic E-state index is 0.641. The molecule has 0 amide bonds. The largest absolute Gasteiger partial charge is 0.455 e. The van der Waals surface area contributed by atoms with E-state index in [1.807, 2.05) is 25.2 Å². The number of carbonyl (C=O) groups excluding carboxylic acids is 1. The fraction of sp³-hybridized carbons (Fsp3) is 0.289. The van der Waals surface area contributed by atoms with Gasteiger partial charge in [-0.25, -0.2) is 5.01 Å². The molecular formula is C38H42N4O2. The van der Waals surface area contributed by atoms with Crippen LogP contribution in [-0.4, -0.2) is 51.6 Å². The summed E-state index contributed by atoms with van der Waals surface area (Å²) in [6.45, 7) is 12.4. The third-order valence-electron chi connectivity index (χ3n) is 9.46. The molecule has 0 aromatic heterocycles. The zero-order valence-electron chi connectivity index (χ0n) is 26.6. The normalized spacial score (nSPS) is 15.6. The number of fused-ring (bicyclic) bond motifs is 6. The molecule has 226 valence electrons. The summed E-state index contributed by atoms with van der Waals surface area (Å²) in [5.74, 6) is 1.63. The summed E-state index contributed by atoms with van der Waals surface area (Å²) in [5.41, 5.74) is 8.42. The minimum Gasteiger partial charge on any atom is -0.455 e. The molecule has 1 N–H and O–H groups in total. The highest BCUT2D eigenvalue weighted by atomic mass is 16.5. The van der Waals surface area contributed by atoms with Crippen LogP contribution in [-0.2, 0) is 5.54 Å². The van der Waals surface area contributed by atoms with Crippen LogP contribution in [0.15, 0.2) is 84.9 Å². The standard InChI is InChI=1S/C38H42N4O2/c1-7-41(8-2)29-20-21-30-27(24-29)19-23-32-36(30)44-37-33(22-18-26-15-13-17-34(35(26)37)42(9-3)10-4)38(32,40(6)39-5)31-16-12-11-14-28(31)25-43/h11-25,39H,7-10H2,1-6H3. The molecule has 1 unspecified atom stereocenters. The lowest BCUT2D eigenvalue weighted by molar-refractivity contribution is 0.110. The molecule has 5 aromatic rings. The monoisotopic (exact) mass is 586 g/mol. The second kappa shape index (κ2) is 11.9. The van der Waals surface area contributed by atoms with E-state index < -0.39 is 5.54 Å². The second-order valence-corrected chi connectivity index (χ2v) is 11.3. The molecule has 0 bridgehead atoms. The van der Waals surface area contributed by atoms with Crippen molar-refractivity contribution in [3.05, 3.63) is 107 Å². The average molecular weight is 587 g/mol. The number of nitrogens with one attached hydrogen (secondary N) is 1. The van der Waals surface area contributed by atoms with Gasteiger partial charge in [0.1, 0.15) is 23.3 Å². The molecule has 5 aromatic carbocycles. The molecule has 1 aliphatic heterocycles. The Kier molecular flexibility index (Phi) is 8.06. The molecular weight excluding hydrogens is 544 g/mol. The molecule has 0 radical (unpaired) electrons. The summed E-state index contributed by atoms with van der Waals surface area (Å²) >= 11 is 0. The van der Waals surface area contributed by atoms with Gasteiger partial charge in [-0.2, -0.15) is 0 Å². The number of hydrazine groups is 1. The summed E-state index contributed by atoms with van der Waals surface area (Å²) < 4.78 is 7.20. The average Bonchev–Trinajstić information content (AvgIpc) is 3.07. The molecule has 6 heteroatoms. The first-order chi connectivity index (χ1) is 21.5. The first-order valence-corrected chi connectivity index (χ1v) is 15.7. The first-order valence-electron chi connectivity index (χ1n) is 15.7. The Morgan fingerprint density at radius 2 is 1.41 bits per heavy atom. The van der Waals surface area contributed by atoms with Crippen molar-refractivity contribution in [3.8, 4) is 11.5 Å².